The number of aliphatic imine (C=N–C) groups is 1. The van der Waals surface area contributed by atoms with Crippen LogP contribution in [0.25, 0.3) is 0 Å². The van der Waals surface area contributed by atoms with Gasteiger partial charge in [-0.05, 0) is 32.5 Å². The van der Waals surface area contributed by atoms with Gasteiger partial charge in [0.2, 0.25) is 0 Å². The van der Waals surface area contributed by atoms with E-state index in [4.69, 9.17) is 0 Å². The fourth-order valence-corrected chi connectivity index (χ4v) is 1.65. The van der Waals surface area contributed by atoms with E-state index in [2.05, 4.69) is 41.3 Å². The van der Waals surface area contributed by atoms with Gasteiger partial charge in [0.15, 0.2) is 5.96 Å². The molecule has 4 heteroatoms. The Morgan fingerprint density at radius 2 is 1.59 bits per heavy atom. The van der Waals surface area contributed by atoms with E-state index < -0.39 is 0 Å². The molecule has 0 aliphatic carbocycles. The highest BCUT2D eigenvalue weighted by Crippen LogP contribution is 1.89. The van der Waals surface area contributed by atoms with Crippen LogP contribution >= 0.6 is 0 Å². The fourth-order valence-electron chi connectivity index (χ4n) is 1.65. The lowest BCUT2D eigenvalue weighted by atomic mass is 10.3. The molecule has 0 aromatic carbocycles. The highest BCUT2D eigenvalue weighted by atomic mass is 15.2. The molecule has 0 saturated carbocycles. The molecule has 0 bridgehead atoms. The molecule has 102 valence electrons. The Labute approximate surface area is 107 Å². The Kier molecular flexibility index (Phi) is 11.2. The average molecular weight is 242 g/mol. The maximum absolute atomic E-state index is 4.20. The normalized spacial score (nSPS) is 11.9. The summed E-state index contributed by atoms with van der Waals surface area (Å²) in [5.74, 6) is 0.929. The molecule has 0 aromatic heterocycles. The minimum Gasteiger partial charge on any atom is -0.356 e. The third-order valence-corrected chi connectivity index (χ3v) is 2.88. The van der Waals surface area contributed by atoms with Crippen molar-refractivity contribution in [3.05, 3.63) is 0 Å². The van der Waals surface area contributed by atoms with Crippen LogP contribution in [0, 0.1) is 0 Å². The summed E-state index contributed by atoms with van der Waals surface area (Å²) in [7, 11) is 1.83. The quantitative estimate of drug-likeness (QED) is 0.367. The molecule has 0 fully saturated rings. The molecule has 0 spiro atoms. The lowest BCUT2D eigenvalue weighted by molar-refractivity contribution is 0.300. The number of guanidine groups is 1. The van der Waals surface area contributed by atoms with E-state index in [0.29, 0.717) is 0 Å². The van der Waals surface area contributed by atoms with Crippen LogP contribution in [0.1, 0.15) is 40.0 Å². The summed E-state index contributed by atoms with van der Waals surface area (Å²) in [6, 6.07) is 0. The molecule has 0 atom stereocenters. The number of hydrogen-bond donors (Lipinski definition) is 2. The molecule has 0 unspecified atom stereocenters. The van der Waals surface area contributed by atoms with Crippen LogP contribution in [-0.2, 0) is 0 Å². The number of nitrogens with one attached hydrogen (secondary N) is 2. The zero-order valence-electron chi connectivity index (χ0n) is 12.1. The van der Waals surface area contributed by atoms with Crippen molar-refractivity contribution in [1.29, 1.82) is 0 Å². The molecule has 17 heavy (non-hydrogen) atoms. The molecular weight excluding hydrogens is 212 g/mol. The summed E-state index contributed by atoms with van der Waals surface area (Å²) in [5.41, 5.74) is 0. The number of rotatable bonds is 9. The van der Waals surface area contributed by atoms with Gasteiger partial charge >= 0.3 is 0 Å². The van der Waals surface area contributed by atoms with Crippen molar-refractivity contribution in [1.82, 2.24) is 15.5 Å². The molecule has 0 rings (SSSR count). The van der Waals surface area contributed by atoms with E-state index in [1.54, 1.807) is 0 Å². The monoisotopic (exact) mass is 242 g/mol. The third kappa shape index (κ3) is 8.98. The summed E-state index contributed by atoms with van der Waals surface area (Å²) in [6.07, 6.45) is 3.57. The first-order valence-electron chi connectivity index (χ1n) is 6.95. The second-order valence-corrected chi connectivity index (χ2v) is 4.16. The van der Waals surface area contributed by atoms with Crippen LogP contribution in [0.4, 0.5) is 0 Å². The molecular formula is C13H30N4. The minimum absolute atomic E-state index is 0.929. The molecule has 0 aromatic rings. The van der Waals surface area contributed by atoms with E-state index in [0.717, 1.165) is 45.1 Å². The van der Waals surface area contributed by atoms with Crippen LogP contribution in [0.3, 0.4) is 0 Å². The SMILES string of the molecule is CCCCNC(=NC)NCCCN(CC)CC. The summed E-state index contributed by atoms with van der Waals surface area (Å²) >= 11 is 0. The van der Waals surface area contributed by atoms with Gasteiger partial charge in [0, 0.05) is 20.1 Å². The van der Waals surface area contributed by atoms with Crippen molar-refractivity contribution < 1.29 is 0 Å². The van der Waals surface area contributed by atoms with E-state index in [1.807, 2.05) is 7.05 Å². The van der Waals surface area contributed by atoms with Crippen LogP contribution in [-0.4, -0.2) is 50.6 Å². The molecule has 0 aliphatic rings. The van der Waals surface area contributed by atoms with Crippen molar-refractivity contribution in [3.63, 3.8) is 0 Å². The highest BCUT2D eigenvalue weighted by molar-refractivity contribution is 5.79. The lowest BCUT2D eigenvalue weighted by Gasteiger charge is -2.18. The number of unbranched alkanes of at least 4 members (excludes halogenated alkanes) is 1. The van der Waals surface area contributed by atoms with Gasteiger partial charge in [0.25, 0.3) is 0 Å². The van der Waals surface area contributed by atoms with Gasteiger partial charge in [0.05, 0.1) is 0 Å². The van der Waals surface area contributed by atoms with Gasteiger partial charge in [-0.25, -0.2) is 0 Å². The summed E-state index contributed by atoms with van der Waals surface area (Å²) in [6.45, 7) is 12.0. The van der Waals surface area contributed by atoms with Crippen molar-refractivity contribution >= 4 is 5.96 Å². The maximum Gasteiger partial charge on any atom is 0.190 e. The summed E-state index contributed by atoms with van der Waals surface area (Å²) in [4.78, 5) is 6.64. The zero-order chi connectivity index (χ0) is 12.9. The smallest absolute Gasteiger partial charge is 0.190 e. The third-order valence-electron chi connectivity index (χ3n) is 2.88. The molecule has 0 amide bonds. The van der Waals surface area contributed by atoms with Gasteiger partial charge < -0.3 is 15.5 Å². The molecule has 0 radical (unpaired) electrons. The van der Waals surface area contributed by atoms with Crippen LogP contribution in [0.5, 0.6) is 0 Å². The fraction of sp³-hybridized carbons (Fsp3) is 0.923. The van der Waals surface area contributed by atoms with Crippen molar-refractivity contribution in [2.24, 2.45) is 4.99 Å². The lowest BCUT2D eigenvalue weighted by Crippen LogP contribution is -2.39. The Bertz CT molecular complexity index is 188. The predicted octanol–water partition coefficient (Wildman–Crippen LogP) is 1.68. The summed E-state index contributed by atoms with van der Waals surface area (Å²) in [5, 5.41) is 6.66. The maximum atomic E-state index is 4.20. The molecule has 0 saturated heterocycles. The van der Waals surface area contributed by atoms with Gasteiger partial charge in [-0.2, -0.15) is 0 Å². The zero-order valence-corrected chi connectivity index (χ0v) is 12.1. The van der Waals surface area contributed by atoms with Crippen LogP contribution in [0.15, 0.2) is 4.99 Å². The van der Waals surface area contributed by atoms with E-state index in [9.17, 15) is 0 Å². The number of nitrogens with zero attached hydrogens (tertiary/aromatic N) is 2. The molecule has 0 heterocycles. The van der Waals surface area contributed by atoms with E-state index in [1.165, 1.54) is 12.8 Å². The van der Waals surface area contributed by atoms with Gasteiger partial charge in [-0.3, -0.25) is 4.99 Å². The Morgan fingerprint density at radius 1 is 1.00 bits per heavy atom. The topological polar surface area (TPSA) is 39.7 Å². The van der Waals surface area contributed by atoms with Crippen LogP contribution < -0.4 is 10.6 Å². The Hall–Kier alpha value is -0.770. The first-order chi connectivity index (χ1) is 8.28. The van der Waals surface area contributed by atoms with E-state index >= 15 is 0 Å². The summed E-state index contributed by atoms with van der Waals surface area (Å²) < 4.78 is 0. The van der Waals surface area contributed by atoms with Crippen molar-refractivity contribution in [3.8, 4) is 0 Å². The molecule has 0 aliphatic heterocycles. The Balaban J connectivity index is 3.56. The van der Waals surface area contributed by atoms with Crippen molar-refractivity contribution in [2.45, 2.75) is 40.0 Å². The predicted molar refractivity (Wildman–Crippen MR) is 76.7 cm³/mol. The average Bonchev–Trinajstić information content (AvgIpc) is 2.37. The highest BCUT2D eigenvalue weighted by Gasteiger charge is 1.99. The van der Waals surface area contributed by atoms with Crippen molar-refractivity contribution in [2.75, 3.05) is 39.8 Å². The first kappa shape index (κ1) is 16.2. The van der Waals surface area contributed by atoms with Gasteiger partial charge in [-0.1, -0.05) is 27.2 Å². The largest absolute Gasteiger partial charge is 0.356 e. The second-order valence-electron chi connectivity index (χ2n) is 4.16. The second kappa shape index (κ2) is 11.7. The van der Waals surface area contributed by atoms with Gasteiger partial charge in [0.1, 0.15) is 0 Å². The molecule has 2 N–H and O–H groups in total. The van der Waals surface area contributed by atoms with E-state index in [-0.39, 0.29) is 0 Å². The van der Waals surface area contributed by atoms with Gasteiger partial charge in [-0.15, -0.1) is 0 Å². The number of hydrogen-bond acceptors (Lipinski definition) is 2. The standard InChI is InChI=1S/C13H30N4/c1-5-8-10-15-13(14-4)16-11-9-12-17(6-2)7-3/h5-12H2,1-4H3,(H2,14,15,16). The Morgan fingerprint density at radius 3 is 2.06 bits per heavy atom. The molecule has 4 nitrogen and oxygen atoms in total. The van der Waals surface area contributed by atoms with Crippen LogP contribution in [0.2, 0.25) is 0 Å². The minimum atomic E-state index is 0.929. The first-order valence-corrected chi connectivity index (χ1v) is 6.95.